The van der Waals surface area contributed by atoms with E-state index in [1.165, 1.54) is 4.88 Å². The van der Waals surface area contributed by atoms with E-state index in [0.717, 1.165) is 32.5 Å². The van der Waals surface area contributed by atoms with E-state index < -0.39 is 0 Å². The van der Waals surface area contributed by atoms with Gasteiger partial charge >= 0.3 is 0 Å². The first-order valence-corrected chi connectivity index (χ1v) is 6.12. The highest BCUT2D eigenvalue weighted by Crippen LogP contribution is 2.19. The lowest BCUT2D eigenvalue weighted by Crippen LogP contribution is -2.50. The summed E-state index contributed by atoms with van der Waals surface area (Å²) in [6.07, 6.45) is 1.80. The Bertz CT molecular complexity index is 333. The zero-order chi connectivity index (χ0) is 10.6. The summed E-state index contributed by atoms with van der Waals surface area (Å²) < 4.78 is 0. The molecule has 15 heavy (non-hydrogen) atoms. The number of hydrogen-bond acceptors (Lipinski definition) is 4. The van der Waals surface area contributed by atoms with Gasteiger partial charge in [0.2, 0.25) is 0 Å². The second kappa shape index (κ2) is 4.75. The normalized spacial score (nSPS) is 19.7. The van der Waals surface area contributed by atoms with Crippen LogP contribution in [-0.2, 0) is 6.54 Å². The lowest BCUT2D eigenvalue weighted by atomic mass is 9.90. The van der Waals surface area contributed by atoms with Crippen LogP contribution in [0, 0.1) is 11.3 Å². The highest BCUT2D eigenvalue weighted by atomic mass is 32.1. The number of hydrogen-bond donors (Lipinski definition) is 2. The molecule has 0 spiro atoms. The van der Waals surface area contributed by atoms with Gasteiger partial charge in [0.1, 0.15) is 5.54 Å². The molecule has 1 saturated heterocycles. The number of piperidine rings is 1. The van der Waals surface area contributed by atoms with Gasteiger partial charge in [0, 0.05) is 11.4 Å². The lowest BCUT2D eigenvalue weighted by molar-refractivity contribution is 0.310. The smallest absolute Gasteiger partial charge is 0.109 e. The zero-order valence-electron chi connectivity index (χ0n) is 8.62. The van der Waals surface area contributed by atoms with Crippen LogP contribution in [0.2, 0.25) is 0 Å². The third-order valence-electron chi connectivity index (χ3n) is 2.85. The van der Waals surface area contributed by atoms with Crippen LogP contribution in [0.4, 0.5) is 0 Å². The first-order chi connectivity index (χ1) is 7.35. The first-order valence-electron chi connectivity index (χ1n) is 5.24. The molecule has 0 bridgehead atoms. The van der Waals surface area contributed by atoms with Crippen molar-refractivity contribution in [1.82, 2.24) is 10.6 Å². The minimum atomic E-state index is -0.310. The Morgan fingerprint density at radius 1 is 1.53 bits per heavy atom. The summed E-state index contributed by atoms with van der Waals surface area (Å²) in [5, 5.41) is 18.0. The molecule has 0 unspecified atom stereocenters. The minimum Gasteiger partial charge on any atom is -0.317 e. The van der Waals surface area contributed by atoms with Crippen LogP contribution in [0.15, 0.2) is 17.5 Å². The largest absolute Gasteiger partial charge is 0.317 e. The molecule has 1 fully saturated rings. The van der Waals surface area contributed by atoms with Gasteiger partial charge in [-0.3, -0.25) is 5.32 Å². The summed E-state index contributed by atoms with van der Waals surface area (Å²) in [6, 6.07) is 6.58. The Morgan fingerprint density at radius 2 is 2.33 bits per heavy atom. The standard InChI is InChI=1S/C11H15N3S/c12-9-11(3-5-13-6-4-11)14-8-10-2-1-7-15-10/h1-2,7,13-14H,3-6,8H2. The molecular weight excluding hydrogens is 206 g/mol. The summed E-state index contributed by atoms with van der Waals surface area (Å²) in [7, 11) is 0. The van der Waals surface area contributed by atoms with E-state index >= 15 is 0 Å². The van der Waals surface area contributed by atoms with Crippen LogP contribution < -0.4 is 10.6 Å². The lowest BCUT2D eigenvalue weighted by Gasteiger charge is -2.32. The van der Waals surface area contributed by atoms with Gasteiger partial charge in [-0.1, -0.05) is 6.07 Å². The van der Waals surface area contributed by atoms with Crippen LogP contribution in [0.25, 0.3) is 0 Å². The zero-order valence-corrected chi connectivity index (χ0v) is 9.44. The molecule has 0 aromatic carbocycles. The predicted octanol–water partition coefficient (Wildman–Crippen LogP) is 1.48. The summed E-state index contributed by atoms with van der Waals surface area (Å²) in [6.45, 7) is 2.68. The summed E-state index contributed by atoms with van der Waals surface area (Å²) in [4.78, 5) is 1.29. The molecule has 2 heterocycles. The predicted molar refractivity (Wildman–Crippen MR) is 61.6 cm³/mol. The van der Waals surface area contributed by atoms with Crippen molar-refractivity contribution in [2.45, 2.75) is 24.9 Å². The van der Waals surface area contributed by atoms with Gasteiger partial charge in [-0.15, -0.1) is 11.3 Å². The van der Waals surface area contributed by atoms with E-state index in [9.17, 15) is 5.26 Å². The maximum Gasteiger partial charge on any atom is 0.109 e. The number of nitriles is 1. The van der Waals surface area contributed by atoms with Crippen LogP contribution in [0.3, 0.4) is 0 Å². The maximum absolute atomic E-state index is 9.23. The van der Waals surface area contributed by atoms with Crippen LogP contribution in [0.5, 0.6) is 0 Å². The van der Waals surface area contributed by atoms with E-state index in [0.29, 0.717) is 0 Å². The molecule has 3 nitrogen and oxygen atoms in total. The van der Waals surface area contributed by atoms with Crippen LogP contribution in [-0.4, -0.2) is 18.6 Å². The van der Waals surface area contributed by atoms with Gasteiger partial charge in [0.25, 0.3) is 0 Å². The molecule has 2 N–H and O–H groups in total. The molecule has 0 aliphatic carbocycles. The van der Waals surface area contributed by atoms with Crippen molar-refractivity contribution in [3.05, 3.63) is 22.4 Å². The molecule has 1 aromatic rings. The fourth-order valence-corrected chi connectivity index (χ4v) is 2.50. The highest BCUT2D eigenvalue weighted by Gasteiger charge is 2.31. The van der Waals surface area contributed by atoms with Crippen molar-refractivity contribution in [3.63, 3.8) is 0 Å². The molecule has 80 valence electrons. The second-order valence-corrected chi connectivity index (χ2v) is 4.91. The summed E-state index contributed by atoms with van der Waals surface area (Å²) in [5.41, 5.74) is -0.310. The topological polar surface area (TPSA) is 47.9 Å². The van der Waals surface area contributed by atoms with Crippen LogP contribution in [0.1, 0.15) is 17.7 Å². The molecule has 2 rings (SSSR count). The highest BCUT2D eigenvalue weighted by molar-refractivity contribution is 7.09. The average Bonchev–Trinajstić information content (AvgIpc) is 2.81. The molecule has 0 radical (unpaired) electrons. The van der Waals surface area contributed by atoms with Gasteiger partial charge in [0.15, 0.2) is 0 Å². The Kier molecular flexibility index (Phi) is 3.37. The molecule has 1 aliphatic heterocycles. The summed E-state index contributed by atoms with van der Waals surface area (Å²) >= 11 is 1.73. The van der Waals surface area contributed by atoms with E-state index in [1.54, 1.807) is 11.3 Å². The van der Waals surface area contributed by atoms with Crippen molar-refractivity contribution in [2.24, 2.45) is 0 Å². The number of thiophene rings is 1. The average molecular weight is 221 g/mol. The third kappa shape index (κ3) is 2.57. The van der Waals surface area contributed by atoms with Gasteiger partial charge in [-0.05, 0) is 37.4 Å². The fraction of sp³-hybridized carbons (Fsp3) is 0.545. The van der Waals surface area contributed by atoms with Crippen molar-refractivity contribution in [3.8, 4) is 6.07 Å². The fourth-order valence-electron chi connectivity index (χ4n) is 1.85. The van der Waals surface area contributed by atoms with E-state index in [2.05, 4.69) is 28.1 Å². The van der Waals surface area contributed by atoms with E-state index in [4.69, 9.17) is 0 Å². The molecule has 1 aromatic heterocycles. The molecule has 1 aliphatic rings. The molecule has 0 amide bonds. The second-order valence-electron chi connectivity index (χ2n) is 3.88. The van der Waals surface area contributed by atoms with E-state index in [1.807, 2.05) is 6.07 Å². The molecule has 0 atom stereocenters. The molecule has 4 heteroatoms. The van der Waals surface area contributed by atoms with Crippen molar-refractivity contribution >= 4 is 11.3 Å². The van der Waals surface area contributed by atoms with Crippen molar-refractivity contribution < 1.29 is 0 Å². The first kappa shape index (κ1) is 10.6. The Morgan fingerprint density at radius 3 is 2.93 bits per heavy atom. The Hall–Kier alpha value is -0.890. The van der Waals surface area contributed by atoms with Gasteiger partial charge in [0.05, 0.1) is 6.07 Å². The van der Waals surface area contributed by atoms with Crippen LogP contribution >= 0.6 is 11.3 Å². The summed E-state index contributed by atoms with van der Waals surface area (Å²) in [5.74, 6) is 0. The monoisotopic (exact) mass is 221 g/mol. The van der Waals surface area contributed by atoms with E-state index in [-0.39, 0.29) is 5.54 Å². The van der Waals surface area contributed by atoms with Gasteiger partial charge < -0.3 is 5.32 Å². The Balaban J connectivity index is 1.93. The third-order valence-corrected chi connectivity index (χ3v) is 3.73. The molecule has 0 saturated carbocycles. The quantitative estimate of drug-likeness (QED) is 0.813. The number of nitrogens with zero attached hydrogens (tertiary/aromatic N) is 1. The van der Waals surface area contributed by atoms with Gasteiger partial charge in [-0.2, -0.15) is 5.26 Å². The number of nitrogens with one attached hydrogen (secondary N) is 2. The van der Waals surface area contributed by atoms with Crippen molar-refractivity contribution in [1.29, 1.82) is 5.26 Å². The molecular formula is C11H15N3S. The van der Waals surface area contributed by atoms with Gasteiger partial charge in [-0.25, -0.2) is 0 Å². The number of rotatable bonds is 3. The SMILES string of the molecule is N#CC1(NCc2cccs2)CCNCC1. The minimum absolute atomic E-state index is 0.310. The maximum atomic E-state index is 9.23. The Labute approximate surface area is 94.1 Å². The van der Waals surface area contributed by atoms with Crippen molar-refractivity contribution in [2.75, 3.05) is 13.1 Å².